The van der Waals surface area contributed by atoms with Crippen molar-refractivity contribution in [2.24, 2.45) is 11.0 Å². The smallest absolute Gasteiger partial charge is 0.243 e. The Morgan fingerprint density at radius 2 is 1.88 bits per heavy atom. The number of carbonyl (C=O) groups is 1. The first-order valence-electron chi connectivity index (χ1n) is 8.40. The van der Waals surface area contributed by atoms with Gasteiger partial charge < -0.3 is 0 Å². The Kier molecular flexibility index (Phi) is 6.14. The van der Waals surface area contributed by atoms with Crippen molar-refractivity contribution in [3.05, 3.63) is 64.9 Å². The molecule has 25 heavy (non-hydrogen) atoms. The first-order valence-corrected chi connectivity index (χ1v) is 8.78. The van der Waals surface area contributed by atoms with E-state index in [2.05, 4.69) is 32.5 Å². The van der Waals surface area contributed by atoms with Crippen LogP contribution in [0.25, 0.3) is 0 Å². The molecule has 1 aromatic carbocycles. The number of amides is 1. The molecule has 0 aliphatic carbocycles. The summed E-state index contributed by atoms with van der Waals surface area (Å²) in [6.45, 7) is 2.72. The molecule has 0 unspecified atom stereocenters. The van der Waals surface area contributed by atoms with Crippen LogP contribution >= 0.6 is 11.6 Å². The molecule has 2 aromatic rings. The van der Waals surface area contributed by atoms with Gasteiger partial charge in [-0.15, -0.1) is 0 Å². The van der Waals surface area contributed by atoms with Gasteiger partial charge in [0.25, 0.3) is 0 Å². The van der Waals surface area contributed by atoms with Crippen molar-refractivity contribution in [2.45, 2.75) is 19.4 Å². The molecule has 1 aromatic heterocycles. The fourth-order valence-corrected chi connectivity index (χ4v) is 3.04. The normalized spacial score (nSPS) is 16.2. The molecule has 2 heterocycles. The molecule has 6 heteroatoms. The molecule has 0 saturated carbocycles. The van der Waals surface area contributed by atoms with Crippen LogP contribution in [0.2, 0.25) is 5.02 Å². The fraction of sp³-hybridized carbons (Fsp3) is 0.316. The number of likely N-dealkylation sites (tertiary alicyclic amines) is 1. The molecular formula is C19H21ClN4O. The van der Waals surface area contributed by atoms with Crippen molar-refractivity contribution in [1.29, 1.82) is 0 Å². The average molecular weight is 357 g/mol. The van der Waals surface area contributed by atoms with Gasteiger partial charge >= 0.3 is 0 Å². The Morgan fingerprint density at radius 1 is 1.20 bits per heavy atom. The lowest BCUT2D eigenvalue weighted by molar-refractivity contribution is -0.126. The predicted molar refractivity (Wildman–Crippen MR) is 99.4 cm³/mol. The Balaban J connectivity index is 1.43. The summed E-state index contributed by atoms with van der Waals surface area (Å²) in [4.78, 5) is 18.5. The molecule has 1 amide bonds. The summed E-state index contributed by atoms with van der Waals surface area (Å²) < 4.78 is 0. The first kappa shape index (κ1) is 17.6. The van der Waals surface area contributed by atoms with Crippen LogP contribution in [0.5, 0.6) is 0 Å². The number of hydrogen-bond donors (Lipinski definition) is 1. The molecule has 1 aliphatic heterocycles. The van der Waals surface area contributed by atoms with Crippen LogP contribution in [0.15, 0.2) is 53.9 Å². The number of hydrogen-bond acceptors (Lipinski definition) is 4. The molecule has 5 nitrogen and oxygen atoms in total. The molecule has 1 aliphatic rings. The van der Waals surface area contributed by atoms with E-state index < -0.39 is 0 Å². The second-order valence-corrected chi connectivity index (χ2v) is 6.63. The molecule has 1 saturated heterocycles. The second-order valence-electron chi connectivity index (χ2n) is 6.19. The number of piperidine rings is 1. The zero-order chi connectivity index (χ0) is 17.5. The fourth-order valence-electron chi connectivity index (χ4n) is 2.91. The Hall–Kier alpha value is -2.24. The van der Waals surface area contributed by atoms with Gasteiger partial charge in [-0.05, 0) is 61.3 Å². The Bertz CT molecular complexity index is 710. The van der Waals surface area contributed by atoms with Crippen LogP contribution in [-0.2, 0) is 11.3 Å². The van der Waals surface area contributed by atoms with Crippen molar-refractivity contribution in [3.63, 3.8) is 0 Å². The molecule has 0 atom stereocenters. The average Bonchev–Trinajstić information content (AvgIpc) is 2.65. The lowest BCUT2D eigenvalue weighted by atomic mass is 9.96. The Morgan fingerprint density at radius 3 is 2.56 bits per heavy atom. The van der Waals surface area contributed by atoms with Gasteiger partial charge in [-0.25, -0.2) is 5.43 Å². The van der Waals surface area contributed by atoms with Gasteiger partial charge in [0.2, 0.25) is 5.91 Å². The number of rotatable bonds is 5. The number of pyridine rings is 1. The largest absolute Gasteiger partial charge is 0.299 e. The summed E-state index contributed by atoms with van der Waals surface area (Å²) >= 11 is 5.92. The standard InChI is InChI=1S/C19H21ClN4O/c20-18-3-1-16(2-4-18)14-24-11-7-17(8-12-24)19(25)23-22-13-15-5-9-21-10-6-15/h1-6,9-10,13,17H,7-8,11-12,14H2,(H,23,25)/b22-13+. The van der Waals surface area contributed by atoms with Gasteiger partial charge in [0.05, 0.1) is 6.21 Å². The van der Waals surface area contributed by atoms with Crippen molar-refractivity contribution in [2.75, 3.05) is 13.1 Å². The zero-order valence-corrected chi connectivity index (χ0v) is 14.7. The minimum absolute atomic E-state index is 0.00329. The summed E-state index contributed by atoms with van der Waals surface area (Å²) in [6.07, 6.45) is 6.73. The second kappa shape index (κ2) is 8.74. The third-order valence-electron chi connectivity index (χ3n) is 4.37. The lowest BCUT2D eigenvalue weighted by Crippen LogP contribution is -2.39. The van der Waals surface area contributed by atoms with E-state index in [0.29, 0.717) is 0 Å². The van der Waals surface area contributed by atoms with Gasteiger partial charge in [-0.2, -0.15) is 5.10 Å². The van der Waals surface area contributed by atoms with Gasteiger partial charge in [-0.3, -0.25) is 14.7 Å². The van der Waals surface area contributed by atoms with E-state index in [0.717, 1.165) is 43.1 Å². The third kappa shape index (κ3) is 5.37. The van der Waals surface area contributed by atoms with E-state index in [1.165, 1.54) is 5.56 Å². The molecule has 0 radical (unpaired) electrons. The van der Waals surface area contributed by atoms with Gasteiger partial charge in [0.1, 0.15) is 0 Å². The van der Waals surface area contributed by atoms with E-state index >= 15 is 0 Å². The number of hydrazone groups is 1. The number of carbonyl (C=O) groups excluding carboxylic acids is 1. The van der Waals surface area contributed by atoms with Crippen LogP contribution in [0.3, 0.4) is 0 Å². The highest BCUT2D eigenvalue weighted by molar-refractivity contribution is 6.30. The number of halogens is 1. The molecule has 1 N–H and O–H groups in total. The molecule has 130 valence electrons. The predicted octanol–water partition coefficient (Wildman–Crippen LogP) is 3.10. The van der Waals surface area contributed by atoms with Gasteiger partial charge in [0.15, 0.2) is 0 Å². The van der Waals surface area contributed by atoms with Gasteiger partial charge in [0, 0.05) is 29.9 Å². The number of aromatic nitrogens is 1. The summed E-state index contributed by atoms with van der Waals surface area (Å²) in [5, 5.41) is 4.79. The first-order chi connectivity index (χ1) is 12.2. The van der Waals surface area contributed by atoms with Crippen LogP contribution < -0.4 is 5.43 Å². The number of nitrogens with zero attached hydrogens (tertiary/aromatic N) is 3. The van der Waals surface area contributed by atoms with Crippen molar-refractivity contribution < 1.29 is 4.79 Å². The minimum Gasteiger partial charge on any atom is -0.299 e. The lowest BCUT2D eigenvalue weighted by Gasteiger charge is -2.30. The van der Waals surface area contributed by atoms with Crippen molar-refractivity contribution >= 4 is 23.7 Å². The summed E-state index contributed by atoms with van der Waals surface area (Å²) in [5.41, 5.74) is 4.80. The van der Waals surface area contributed by atoms with E-state index in [1.54, 1.807) is 18.6 Å². The molecule has 3 rings (SSSR count). The number of nitrogens with one attached hydrogen (secondary N) is 1. The molecular weight excluding hydrogens is 336 g/mol. The van der Waals surface area contributed by atoms with Crippen LogP contribution in [0.1, 0.15) is 24.0 Å². The van der Waals surface area contributed by atoms with Crippen LogP contribution in [0.4, 0.5) is 0 Å². The maximum atomic E-state index is 12.2. The molecule has 1 fully saturated rings. The minimum atomic E-state index is -0.00329. The van der Waals surface area contributed by atoms with E-state index in [1.807, 2.05) is 24.3 Å². The monoisotopic (exact) mass is 356 g/mol. The summed E-state index contributed by atoms with van der Waals surface area (Å²) in [5.74, 6) is 0.0208. The SMILES string of the molecule is O=C(N/N=C/c1ccncc1)C1CCN(Cc2ccc(Cl)cc2)CC1. The molecule has 0 bridgehead atoms. The van der Waals surface area contributed by atoms with E-state index in [4.69, 9.17) is 11.6 Å². The van der Waals surface area contributed by atoms with Crippen LogP contribution in [0, 0.1) is 5.92 Å². The third-order valence-corrected chi connectivity index (χ3v) is 4.62. The maximum Gasteiger partial charge on any atom is 0.243 e. The quantitative estimate of drug-likeness (QED) is 0.661. The van der Waals surface area contributed by atoms with E-state index in [9.17, 15) is 4.79 Å². The maximum absolute atomic E-state index is 12.2. The highest BCUT2D eigenvalue weighted by Gasteiger charge is 2.24. The molecule has 0 spiro atoms. The highest BCUT2D eigenvalue weighted by atomic mass is 35.5. The highest BCUT2D eigenvalue weighted by Crippen LogP contribution is 2.20. The topological polar surface area (TPSA) is 57.6 Å². The number of benzene rings is 1. The van der Waals surface area contributed by atoms with E-state index in [-0.39, 0.29) is 11.8 Å². The van der Waals surface area contributed by atoms with Crippen molar-refractivity contribution in [3.8, 4) is 0 Å². The van der Waals surface area contributed by atoms with Crippen LogP contribution in [-0.4, -0.2) is 35.1 Å². The summed E-state index contributed by atoms with van der Waals surface area (Å²) in [6, 6.07) is 11.6. The summed E-state index contributed by atoms with van der Waals surface area (Å²) in [7, 11) is 0. The zero-order valence-electron chi connectivity index (χ0n) is 13.9. The van der Waals surface area contributed by atoms with Gasteiger partial charge in [-0.1, -0.05) is 23.7 Å². The van der Waals surface area contributed by atoms with Crippen molar-refractivity contribution in [1.82, 2.24) is 15.3 Å². The Labute approximate surface area is 152 Å².